The van der Waals surface area contributed by atoms with Crippen LogP contribution < -0.4 is 9.64 Å². The topological polar surface area (TPSA) is 50.7 Å². The lowest BCUT2D eigenvalue weighted by Crippen LogP contribution is -2.44. The maximum atomic E-state index is 14.4. The van der Waals surface area contributed by atoms with Crippen molar-refractivity contribution in [1.29, 1.82) is 0 Å². The number of hydrogen-bond acceptors (Lipinski definition) is 6. The number of anilines is 1. The first-order chi connectivity index (χ1) is 18.1. The molecular weight excluding hydrogens is 467 g/mol. The van der Waals surface area contributed by atoms with Gasteiger partial charge in [0, 0.05) is 38.0 Å². The minimum atomic E-state index is -0.760. The molecule has 7 heteroatoms. The summed E-state index contributed by atoms with van der Waals surface area (Å²) in [7, 11) is 0. The van der Waals surface area contributed by atoms with E-state index in [4.69, 9.17) is 19.4 Å². The van der Waals surface area contributed by atoms with Gasteiger partial charge in [0.25, 0.3) is 0 Å². The van der Waals surface area contributed by atoms with Crippen LogP contribution in [0.5, 0.6) is 6.01 Å². The maximum absolute atomic E-state index is 14.4. The van der Waals surface area contributed by atoms with Crippen LogP contribution >= 0.6 is 0 Å². The zero-order chi connectivity index (χ0) is 24.9. The van der Waals surface area contributed by atoms with Crippen molar-refractivity contribution in [3.8, 4) is 6.01 Å². The van der Waals surface area contributed by atoms with Crippen molar-refractivity contribution in [2.24, 2.45) is 0 Å². The summed E-state index contributed by atoms with van der Waals surface area (Å²) >= 11 is 0. The number of halogens is 1. The van der Waals surface area contributed by atoms with E-state index in [0.29, 0.717) is 32.2 Å². The molecule has 7 rings (SSSR count). The first-order valence-corrected chi connectivity index (χ1v) is 14.5. The monoisotopic (exact) mass is 506 g/mol. The van der Waals surface area contributed by atoms with E-state index >= 15 is 0 Å². The van der Waals surface area contributed by atoms with Gasteiger partial charge in [0.15, 0.2) is 0 Å². The molecular formula is C30H39FN4O2. The summed E-state index contributed by atoms with van der Waals surface area (Å²) in [5.74, 6) is 0.997. The Kier molecular flexibility index (Phi) is 6.12. The molecule has 3 saturated heterocycles. The van der Waals surface area contributed by atoms with Gasteiger partial charge in [0.2, 0.25) is 0 Å². The average molecular weight is 507 g/mol. The van der Waals surface area contributed by atoms with Gasteiger partial charge in [-0.15, -0.1) is 0 Å². The van der Waals surface area contributed by atoms with Gasteiger partial charge in [-0.05, 0) is 62.6 Å². The zero-order valence-electron chi connectivity index (χ0n) is 21.9. The molecule has 1 aromatic carbocycles. The Hall–Kier alpha value is -2.25. The molecule has 198 valence electrons. The molecule has 1 aromatic heterocycles. The highest BCUT2D eigenvalue weighted by atomic mass is 19.1. The Morgan fingerprint density at radius 2 is 1.86 bits per heavy atom. The Labute approximate surface area is 219 Å². The van der Waals surface area contributed by atoms with Gasteiger partial charge in [-0.1, -0.05) is 37.1 Å². The molecule has 0 amide bonds. The van der Waals surface area contributed by atoms with Gasteiger partial charge in [0.05, 0.1) is 23.4 Å². The molecule has 5 heterocycles. The van der Waals surface area contributed by atoms with Crippen LogP contribution in [0.1, 0.15) is 80.2 Å². The van der Waals surface area contributed by atoms with Gasteiger partial charge < -0.3 is 14.4 Å². The number of hydrogen-bond donors (Lipinski definition) is 0. The van der Waals surface area contributed by atoms with Gasteiger partial charge in [-0.3, -0.25) is 4.90 Å². The molecule has 3 atom stereocenters. The average Bonchev–Trinajstić information content (AvgIpc) is 3.29. The van der Waals surface area contributed by atoms with Crippen molar-refractivity contribution in [3.05, 3.63) is 46.6 Å². The molecule has 6 nitrogen and oxygen atoms in total. The second-order valence-corrected chi connectivity index (χ2v) is 12.0. The van der Waals surface area contributed by atoms with E-state index in [9.17, 15) is 4.39 Å². The molecule has 1 aliphatic carbocycles. The molecule has 2 aromatic rings. The molecule has 37 heavy (non-hydrogen) atoms. The number of aryl methyl sites for hydroxylation is 1. The van der Waals surface area contributed by atoms with E-state index in [2.05, 4.69) is 34.1 Å². The predicted octanol–water partition coefficient (Wildman–Crippen LogP) is 5.12. The zero-order valence-corrected chi connectivity index (χ0v) is 21.9. The number of rotatable bonds is 4. The van der Waals surface area contributed by atoms with E-state index < -0.39 is 6.17 Å². The maximum Gasteiger partial charge on any atom is 0.318 e. The van der Waals surface area contributed by atoms with Gasteiger partial charge in [0.1, 0.15) is 18.6 Å². The number of aromatic nitrogens is 2. The highest BCUT2D eigenvalue weighted by Crippen LogP contribution is 2.46. The Balaban J connectivity index is 1.23. The van der Waals surface area contributed by atoms with Gasteiger partial charge in [-0.25, -0.2) is 4.39 Å². The van der Waals surface area contributed by atoms with E-state index in [1.54, 1.807) is 0 Å². The largest absolute Gasteiger partial charge is 0.461 e. The van der Waals surface area contributed by atoms with Crippen LogP contribution in [-0.4, -0.2) is 59.4 Å². The van der Waals surface area contributed by atoms with Crippen LogP contribution in [0.3, 0.4) is 0 Å². The smallest absolute Gasteiger partial charge is 0.318 e. The van der Waals surface area contributed by atoms with Crippen molar-refractivity contribution < 1.29 is 13.9 Å². The normalized spacial score (nSPS) is 31.6. The van der Waals surface area contributed by atoms with E-state index in [-0.39, 0.29) is 11.1 Å². The standard InChI is InChI=1S/C30H39FN4O2/c31-23-17-29(12-8-16-35(29)19-23)21-36-28-32-26-18-30(13-7-10-22-9-3-4-11-25(22)30)37-20-24(26)27(33-28)34-14-5-1-2-6-15-34/h3-4,9,11,23H,1-2,5-8,10,12-21H2/t23-,29?,30?/m1/s1. The third kappa shape index (κ3) is 4.22. The van der Waals surface area contributed by atoms with E-state index in [0.717, 1.165) is 75.2 Å². The minimum Gasteiger partial charge on any atom is -0.461 e. The van der Waals surface area contributed by atoms with Crippen LogP contribution in [0.2, 0.25) is 0 Å². The molecule has 0 saturated carbocycles. The fourth-order valence-corrected chi connectivity index (χ4v) is 7.79. The summed E-state index contributed by atoms with van der Waals surface area (Å²) in [4.78, 5) is 14.8. The van der Waals surface area contributed by atoms with Crippen molar-refractivity contribution >= 4 is 5.82 Å². The number of benzene rings is 1. The first kappa shape index (κ1) is 23.8. The minimum absolute atomic E-state index is 0.200. The van der Waals surface area contributed by atoms with E-state index in [1.165, 1.54) is 36.8 Å². The second kappa shape index (κ2) is 9.49. The number of ether oxygens (including phenoxy) is 2. The van der Waals surface area contributed by atoms with Gasteiger partial charge in [-0.2, -0.15) is 9.97 Å². The summed E-state index contributed by atoms with van der Waals surface area (Å²) in [5, 5.41) is 0. The van der Waals surface area contributed by atoms with Crippen molar-refractivity contribution in [2.75, 3.05) is 37.7 Å². The van der Waals surface area contributed by atoms with Crippen LogP contribution in [0.25, 0.3) is 0 Å². The summed E-state index contributed by atoms with van der Waals surface area (Å²) in [5.41, 5.74) is 4.41. The summed E-state index contributed by atoms with van der Waals surface area (Å²) in [6.45, 7) is 4.53. The molecule has 5 aliphatic rings. The van der Waals surface area contributed by atoms with Crippen LogP contribution in [0.15, 0.2) is 24.3 Å². The Bertz CT molecular complexity index is 1150. The molecule has 1 spiro atoms. The summed E-state index contributed by atoms with van der Waals surface area (Å²) < 4.78 is 27.6. The lowest BCUT2D eigenvalue weighted by molar-refractivity contribution is -0.0855. The fourth-order valence-electron chi connectivity index (χ4n) is 7.79. The van der Waals surface area contributed by atoms with Crippen LogP contribution in [-0.2, 0) is 29.8 Å². The summed E-state index contributed by atoms with van der Waals surface area (Å²) in [6.07, 6.45) is 10.8. The Morgan fingerprint density at radius 3 is 2.76 bits per heavy atom. The third-order valence-electron chi connectivity index (χ3n) is 9.67. The molecule has 2 unspecified atom stereocenters. The highest BCUT2D eigenvalue weighted by Gasteiger charge is 2.49. The van der Waals surface area contributed by atoms with Crippen molar-refractivity contribution in [2.45, 2.75) is 94.5 Å². The second-order valence-electron chi connectivity index (χ2n) is 12.0. The summed E-state index contributed by atoms with van der Waals surface area (Å²) in [6, 6.07) is 9.22. The lowest BCUT2D eigenvalue weighted by Gasteiger charge is -2.43. The van der Waals surface area contributed by atoms with Crippen molar-refractivity contribution in [1.82, 2.24) is 14.9 Å². The van der Waals surface area contributed by atoms with Crippen LogP contribution in [0, 0.1) is 0 Å². The van der Waals surface area contributed by atoms with Crippen LogP contribution in [0.4, 0.5) is 10.2 Å². The van der Waals surface area contributed by atoms with E-state index in [1.807, 2.05) is 0 Å². The molecule has 4 aliphatic heterocycles. The third-order valence-corrected chi connectivity index (χ3v) is 9.67. The fraction of sp³-hybridized carbons (Fsp3) is 0.667. The number of fused-ring (bicyclic) bond motifs is 4. The first-order valence-electron chi connectivity index (χ1n) is 14.5. The number of nitrogens with zero attached hydrogens (tertiary/aromatic N) is 4. The molecule has 0 bridgehead atoms. The quantitative estimate of drug-likeness (QED) is 0.574. The number of alkyl halides is 1. The van der Waals surface area contributed by atoms with Gasteiger partial charge >= 0.3 is 6.01 Å². The predicted molar refractivity (Wildman–Crippen MR) is 141 cm³/mol. The Morgan fingerprint density at radius 1 is 1.00 bits per heavy atom. The molecule has 0 N–H and O–H groups in total. The molecule has 0 radical (unpaired) electrons. The van der Waals surface area contributed by atoms with Crippen molar-refractivity contribution in [3.63, 3.8) is 0 Å². The molecule has 3 fully saturated rings. The SMILES string of the molecule is F[C@H]1CN2CCCC2(COc2nc3c(c(N4CCCCCC4)n2)COC2(CCCc4ccccc42)C3)C1. The lowest BCUT2D eigenvalue weighted by atomic mass is 9.75. The highest BCUT2D eigenvalue weighted by molar-refractivity contribution is 5.52.